The van der Waals surface area contributed by atoms with Crippen molar-refractivity contribution in [3.63, 3.8) is 0 Å². The Hall–Kier alpha value is -0.570. The number of nitrogens with two attached hydrogens (primary N) is 1. The van der Waals surface area contributed by atoms with Crippen LogP contribution in [0.15, 0.2) is 0 Å². The van der Waals surface area contributed by atoms with E-state index in [1.165, 1.54) is 0 Å². The Morgan fingerprint density at radius 3 is 2.27 bits per heavy atom. The standard InChI is InChI=1S/C12H26N2O/c1-9(2)8-10(3)14-11(15)6-7-12(4,5)13/h9-10H,6-8,13H2,1-5H3,(H,14,15). The van der Waals surface area contributed by atoms with Crippen molar-refractivity contribution in [3.8, 4) is 0 Å². The smallest absolute Gasteiger partial charge is 0.220 e. The van der Waals surface area contributed by atoms with E-state index in [4.69, 9.17) is 5.73 Å². The molecule has 1 amide bonds. The van der Waals surface area contributed by atoms with Crippen LogP contribution in [-0.2, 0) is 4.79 Å². The van der Waals surface area contributed by atoms with Gasteiger partial charge in [0.15, 0.2) is 0 Å². The third-order valence-corrected chi connectivity index (χ3v) is 2.23. The monoisotopic (exact) mass is 214 g/mol. The Morgan fingerprint density at radius 2 is 1.87 bits per heavy atom. The minimum Gasteiger partial charge on any atom is -0.354 e. The van der Waals surface area contributed by atoms with Crippen LogP contribution in [0.5, 0.6) is 0 Å². The molecule has 0 aromatic carbocycles. The summed E-state index contributed by atoms with van der Waals surface area (Å²) < 4.78 is 0. The molecule has 0 saturated carbocycles. The Kier molecular flexibility index (Phi) is 5.88. The number of hydrogen-bond donors (Lipinski definition) is 2. The van der Waals surface area contributed by atoms with E-state index in [0.717, 1.165) is 12.8 Å². The van der Waals surface area contributed by atoms with Gasteiger partial charge in [0.2, 0.25) is 5.91 Å². The largest absolute Gasteiger partial charge is 0.354 e. The molecule has 0 rings (SSSR count). The van der Waals surface area contributed by atoms with E-state index in [0.29, 0.717) is 12.3 Å². The highest BCUT2D eigenvalue weighted by Gasteiger charge is 2.14. The number of amides is 1. The number of nitrogens with one attached hydrogen (secondary N) is 1. The molecule has 1 atom stereocenters. The van der Waals surface area contributed by atoms with Crippen molar-refractivity contribution < 1.29 is 4.79 Å². The molecule has 0 radical (unpaired) electrons. The van der Waals surface area contributed by atoms with Gasteiger partial charge >= 0.3 is 0 Å². The molecule has 1 unspecified atom stereocenters. The maximum Gasteiger partial charge on any atom is 0.220 e. The summed E-state index contributed by atoms with van der Waals surface area (Å²) in [6, 6.07) is 0.262. The van der Waals surface area contributed by atoms with Gasteiger partial charge in [0.05, 0.1) is 0 Å². The zero-order valence-corrected chi connectivity index (χ0v) is 10.8. The summed E-state index contributed by atoms with van der Waals surface area (Å²) in [6.07, 6.45) is 2.27. The lowest BCUT2D eigenvalue weighted by Gasteiger charge is -2.20. The van der Waals surface area contributed by atoms with Crippen molar-refractivity contribution in [2.75, 3.05) is 0 Å². The molecule has 90 valence electrons. The zero-order chi connectivity index (χ0) is 12.1. The van der Waals surface area contributed by atoms with Crippen molar-refractivity contribution in [1.29, 1.82) is 0 Å². The summed E-state index contributed by atoms with van der Waals surface area (Å²) in [5, 5.41) is 2.99. The topological polar surface area (TPSA) is 55.1 Å². The van der Waals surface area contributed by atoms with Gasteiger partial charge in [0.25, 0.3) is 0 Å². The van der Waals surface area contributed by atoms with E-state index in [2.05, 4.69) is 19.2 Å². The predicted molar refractivity (Wildman–Crippen MR) is 64.6 cm³/mol. The quantitative estimate of drug-likeness (QED) is 0.711. The average Bonchev–Trinajstić information content (AvgIpc) is 1.97. The van der Waals surface area contributed by atoms with E-state index < -0.39 is 0 Å². The van der Waals surface area contributed by atoms with Crippen molar-refractivity contribution in [3.05, 3.63) is 0 Å². The second-order valence-electron chi connectivity index (χ2n) is 5.59. The van der Waals surface area contributed by atoms with Crippen LogP contribution in [0.2, 0.25) is 0 Å². The van der Waals surface area contributed by atoms with Crippen molar-refractivity contribution in [2.24, 2.45) is 11.7 Å². The van der Waals surface area contributed by atoms with E-state index in [9.17, 15) is 4.79 Å². The van der Waals surface area contributed by atoms with Crippen LogP contribution >= 0.6 is 0 Å². The summed E-state index contributed by atoms with van der Waals surface area (Å²) in [6.45, 7) is 10.2. The Labute approximate surface area is 93.8 Å². The molecule has 0 bridgehead atoms. The van der Waals surface area contributed by atoms with Gasteiger partial charge in [0.1, 0.15) is 0 Å². The van der Waals surface area contributed by atoms with Gasteiger partial charge in [0, 0.05) is 18.0 Å². The molecule has 0 spiro atoms. The molecule has 3 nitrogen and oxygen atoms in total. The summed E-state index contributed by atoms with van der Waals surface area (Å²) in [4.78, 5) is 11.5. The Balaban J connectivity index is 3.74. The predicted octanol–water partition coefficient (Wildman–Crippen LogP) is 2.05. The molecule has 15 heavy (non-hydrogen) atoms. The molecule has 0 aromatic rings. The lowest BCUT2D eigenvalue weighted by molar-refractivity contribution is -0.122. The fourth-order valence-electron chi connectivity index (χ4n) is 1.55. The molecular formula is C12H26N2O. The Morgan fingerprint density at radius 1 is 1.33 bits per heavy atom. The summed E-state index contributed by atoms with van der Waals surface area (Å²) in [5.74, 6) is 0.730. The highest BCUT2D eigenvalue weighted by atomic mass is 16.1. The lowest BCUT2D eigenvalue weighted by Crippen LogP contribution is -2.37. The highest BCUT2D eigenvalue weighted by molar-refractivity contribution is 5.76. The van der Waals surface area contributed by atoms with Crippen LogP contribution in [0.3, 0.4) is 0 Å². The third-order valence-electron chi connectivity index (χ3n) is 2.23. The number of rotatable bonds is 6. The first kappa shape index (κ1) is 14.4. The van der Waals surface area contributed by atoms with Gasteiger partial charge in [-0.25, -0.2) is 0 Å². The van der Waals surface area contributed by atoms with Gasteiger partial charge in [-0.15, -0.1) is 0 Å². The zero-order valence-electron chi connectivity index (χ0n) is 10.8. The maximum absolute atomic E-state index is 11.5. The number of hydrogen-bond acceptors (Lipinski definition) is 2. The van der Waals surface area contributed by atoms with Crippen molar-refractivity contribution >= 4 is 5.91 Å². The molecule has 0 saturated heterocycles. The SMILES string of the molecule is CC(C)CC(C)NC(=O)CCC(C)(C)N. The van der Waals surface area contributed by atoms with Crippen molar-refractivity contribution in [1.82, 2.24) is 5.32 Å². The minimum absolute atomic E-state index is 0.113. The Bertz CT molecular complexity index is 194. The van der Waals surface area contributed by atoms with Crippen LogP contribution in [-0.4, -0.2) is 17.5 Å². The maximum atomic E-state index is 11.5. The van der Waals surface area contributed by atoms with Gasteiger partial charge in [-0.2, -0.15) is 0 Å². The van der Waals surface area contributed by atoms with Crippen LogP contribution in [0.4, 0.5) is 0 Å². The first-order chi connectivity index (χ1) is 6.70. The van der Waals surface area contributed by atoms with Crippen LogP contribution < -0.4 is 11.1 Å². The fourth-order valence-corrected chi connectivity index (χ4v) is 1.55. The van der Waals surface area contributed by atoms with Crippen LogP contribution in [0, 0.1) is 5.92 Å². The third kappa shape index (κ3) is 9.73. The molecule has 0 aliphatic heterocycles. The second-order valence-corrected chi connectivity index (χ2v) is 5.59. The molecule has 0 heterocycles. The lowest BCUT2D eigenvalue weighted by atomic mass is 9.99. The fraction of sp³-hybridized carbons (Fsp3) is 0.917. The van der Waals surface area contributed by atoms with Crippen LogP contribution in [0.1, 0.15) is 53.9 Å². The van der Waals surface area contributed by atoms with Gasteiger partial charge in [-0.3, -0.25) is 4.79 Å². The first-order valence-corrected chi connectivity index (χ1v) is 5.79. The summed E-state index contributed by atoms with van der Waals surface area (Å²) >= 11 is 0. The summed E-state index contributed by atoms with van der Waals surface area (Å²) in [7, 11) is 0. The molecule has 3 N–H and O–H groups in total. The molecule has 0 aromatic heterocycles. The van der Waals surface area contributed by atoms with E-state index in [-0.39, 0.29) is 17.5 Å². The normalized spacial score (nSPS) is 14.1. The molecule has 3 heteroatoms. The minimum atomic E-state index is -0.251. The van der Waals surface area contributed by atoms with Crippen molar-refractivity contribution in [2.45, 2.75) is 65.5 Å². The van der Waals surface area contributed by atoms with E-state index in [1.54, 1.807) is 0 Å². The molecule has 0 aliphatic rings. The number of carbonyl (C=O) groups excluding carboxylic acids is 1. The first-order valence-electron chi connectivity index (χ1n) is 5.79. The van der Waals surface area contributed by atoms with Crippen LogP contribution in [0.25, 0.3) is 0 Å². The average molecular weight is 214 g/mol. The molecular weight excluding hydrogens is 188 g/mol. The van der Waals surface area contributed by atoms with Gasteiger partial charge in [-0.1, -0.05) is 13.8 Å². The molecule has 0 aliphatic carbocycles. The number of carbonyl (C=O) groups is 1. The summed E-state index contributed by atoms with van der Waals surface area (Å²) in [5.41, 5.74) is 5.56. The van der Waals surface area contributed by atoms with E-state index >= 15 is 0 Å². The van der Waals surface area contributed by atoms with Gasteiger partial charge in [-0.05, 0) is 39.5 Å². The van der Waals surface area contributed by atoms with E-state index in [1.807, 2.05) is 20.8 Å². The van der Waals surface area contributed by atoms with Gasteiger partial charge < -0.3 is 11.1 Å². The molecule has 0 fully saturated rings. The highest BCUT2D eigenvalue weighted by Crippen LogP contribution is 2.08. The second kappa shape index (κ2) is 6.11.